The summed E-state index contributed by atoms with van der Waals surface area (Å²) in [5.74, 6) is 0.904. The Morgan fingerprint density at radius 2 is 1.90 bits per heavy atom. The number of alkyl halides is 1. The molecular weight excluding hydrogens is 329 g/mol. The standard InChI is InChI=1S/C15H8Cl3N3/c16-7-15-20-13-5-11(17)12(18)6-14(13)21(15)10-3-1-2-9(4-10)8-19/h1-6H,7H2. The smallest absolute Gasteiger partial charge is 0.129 e. The summed E-state index contributed by atoms with van der Waals surface area (Å²) in [4.78, 5) is 4.47. The Hall–Kier alpha value is -1.73. The quantitative estimate of drug-likeness (QED) is 0.622. The SMILES string of the molecule is N#Cc1cccc(-n2c(CCl)nc3cc(Cl)c(Cl)cc32)c1. The fourth-order valence-corrected chi connectivity index (χ4v) is 2.71. The summed E-state index contributed by atoms with van der Waals surface area (Å²) in [5.41, 5.74) is 2.89. The zero-order chi connectivity index (χ0) is 15.0. The van der Waals surface area contributed by atoms with Crippen LogP contribution >= 0.6 is 34.8 Å². The third-order valence-electron chi connectivity index (χ3n) is 3.12. The number of benzene rings is 2. The zero-order valence-electron chi connectivity index (χ0n) is 10.6. The highest BCUT2D eigenvalue weighted by molar-refractivity contribution is 6.42. The zero-order valence-corrected chi connectivity index (χ0v) is 12.9. The molecule has 1 aromatic heterocycles. The summed E-state index contributed by atoms with van der Waals surface area (Å²) in [6.07, 6.45) is 0. The van der Waals surface area contributed by atoms with Crippen molar-refractivity contribution in [2.45, 2.75) is 5.88 Å². The van der Waals surface area contributed by atoms with Crippen LogP contribution in [-0.4, -0.2) is 9.55 Å². The second-order valence-corrected chi connectivity index (χ2v) is 5.50. The summed E-state index contributed by atoms with van der Waals surface area (Å²) < 4.78 is 1.88. The Bertz CT molecular complexity index is 878. The maximum atomic E-state index is 9.04. The molecule has 0 unspecified atom stereocenters. The van der Waals surface area contributed by atoms with E-state index in [1.807, 2.05) is 16.7 Å². The van der Waals surface area contributed by atoms with E-state index in [0.717, 1.165) is 11.2 Å². The summed E-state index contributed by atoms with van der Waals surface area (Å²) in [5, 5.41) is 9.93. The number of hydrogen-bond donors (Lipinski definition) is 0. The van der Waals surface area contributed by atoms with Gasteiger partial charge in [-0.2, -0.15) is 5.26 Å². The maximum absolute atomic E-state index is 9.04. The van der Waals surface area contributed by atoms with E-state index < -0.39 is 0 Å². The van der Waals surface area contributed by atoms with Gasteiger partial charge in [0.2, 0.25) is 0 Å². The Kier molecular flexibility index (Phi) is 3.77. The molecule has 3 nitrogen and oxygen atoms in total. The molecule has 0 amide bonds. The average molecular weight is 337 g/mol. The van der Waals surface area contributed by atoms with Crippen LogP contribution in [0.5, 0.6) is 0 Å². The van der Waals surface area contributed by atoms with Gasteiger partial charge in [0.25, 0.3) is 0 Å². The number of halogens is 3. The second kappa shape index (κ2) is 5.57. The van der Waals surface area contributed by atoms with Gasteiger partial charge in [-0.3, -0.25) is 4.57 Å². The molecule has 104 valence electrons. The monoisotopic (exact) mass is 335 g/mol. The normalized spacial score (nSPS) is 10.8. The van der Waals surface area contributed by atoms with Crippen LogP contribution in [0.3, 0.4) is 0 Å². The van der Waals surface area contributed by atoms with Crippen molar-refractivity contribution in [3.8, 4) is 11.8 Å². The van der Waals surface area contributed by atoms with Gasteiger partial charge in [-0.1, -0.05) is 29.3 Å². The Balaban J connectivity index is 2.34. The van der Waals surface area contributed by atoms with Crippen molar-refractivity contribution >= 4 is 45.8 Å². The minimum absolute atomic E-state index is 0.237. The predicted molar refractivity (Wildman–Crippen MR) is 85.4 cm³/mol. The molecule has 0 saturated heterocycles. The molecule has 0 radical (unpaired) electrons. The van der Waals surface area contributed by atoms with Crippen molar-refractivity contribution < 1.29 is 0 Å². The summed E-state index contributed by atoms with van der Waals surface area (Å²) in [6.45, 7) is 0. The Morgan fingerprint density at radius 1 is 1.14 bits per heavy atom. The van der Waals surface area contributed by atoms with E-state index in [-0.39, 0.29) is 5.88 Å². The first-order valence-electron chi connectivity index (χ1n) is 6.07. The number of rotatable bonds is 2. The van der Waals surface area contributed by atoms with Gasteiger partial charge in [0.15, 0.2) is 0 Å². The molecule has 0 atom stereocenters. The molecule has 3 rings (SSSR count). The van der Waals surface area contributed by atoms with Crippen molar-refractivity contribution in [3.63, 3.8) is 0 Å². The van der Waals surface area contributed by atoms with Gasteiger partial charge in [0.05, 0.1) is 38.6 Å². The number of nitriles is 1. The van der Waals surface area contributed by atoms with Crippen LogP contribution in [0.25, 0.3) is 16.7 Å². The Labute approximate surface area is 136 Å². The first-order chi connectivity index (χ1) is 10.1. The van der Waals surface area contributed by atoms with Gasteiger partial charge in [0, 0.05) is 5.69 Å². The van der Waals surface area contributed by atoms with E-state index in [1.165, 1.54) is 0 Å². The van der Waals surface area contributed by atoms with Crippen LogP contribution in [-0.2, 0) is 5.88 Å². The van der Waals surface area contributed by atoms with Crippen LogP contribution in [0.1, 0.15) is 11.4 Å². The largest absolute Gasteiger partial charge is 0.295 e. The lowest BCUT2D eigenvalue weighted by Gasteiger charge is -2.08. The van der Waals surface area contributed by atoms with Gasteiger partial charge in [-0.15, -0.1) is 11.6 Å². The predicted octanol–water partition coefficient (Wildman–Crippen LogP) is 4.94. The van der Waals surface area contributed by atoms with Crippen molar-refractivity contribution in [1.82, 2.24) is 9.55 Å². The lowest BCUT2D eigenvalue weighted by Crippen LogP contribution is -1.99. The van der Waals surface area contributed by atoms with E-state index >= 15 is 0 Å². The Morgan fingerprint density at radius 3 is 2.62 bits per heavy atom. The van der Waals surface area contributed by atoms with Gasteiger partial charge in [-0.05, 0) is 30.3 Å². The minimum Gasteiger partial charge on any atom is -0.295 e. The van der Waals surface area contributed by atoms with Crippen molar-refractivity contribution in [1.29, 1.82) is 5.26 Å². The number of hydrogen-bond acceptors (Lipinski definition) is 2. The molecule has 0 N–H and O–H groups in total. The highest BCUT2D eigenvalue weighted by Gasteiger charge is 2.14. The van der Waals surface area contributed by atoms with E-state index in [0.29, 0.717) is 26.9 Å². The van der Waals surface area contributed by atoms with Crippen LogP contribution in [0.2, 0.25) is 10.0 Å². The number of fused-ring (bicyclic) bond motifs is 1. The molecule has 0 aliphatic carbocycles. The molecule has 0 saturated carbocycles. The first-order valence-corrected chi connectivity index (χ1v) is 7.36. The van der Waals surface area contributed by atoms with Crippen LogP contribution in [0, 0.1) is 11.3 Å². The van der Waals surface area contributed by atoms with Crippen LogP contribution < -0.4 is 0 Å². The molecule has 6 heteroatoms. The molecular formula is C15H8Cl3N3. The lowest BCUT2D eigenvalue weighted by atomic mass is 10.2. The van der Waals surface area contributed by atoms with Crippen molar-refractivity contribution in [2.75, 3.05) is 0 Å². The highest BCUT2D eigenvalue weighted by Crippen LogP contribution is 2.30. The van der Waals surface area contributed by atoms with Crippen LogP contribution in [0.4, 0.5) is 0 Å². The fraction of sp³-hybridized carbons (Fsp3) is 0.0667. The van der Waals surface area contributed by atoms with E-state index in [9.17, 15) is 0 Å². The molecule has 0 fully saturated rings. The molecule has 0 bridgehead atoms. The van der Waals surface area contributed by atoms with Gasteiger partial charge < -0.3 is 0 Å². The van der Waals surface area contributed by atoms with E-state index in [2.05, 4.69) is 11.1 Å². The summed E-state index contributed by atoms with van der Waals surface area (Å²) in [6, 6.07) is 12.8. The second-order valence-electron chi connectivity index (χ2n) is 4.41. The topological polar surface area (TPSA) is 41.6 Å². The summed E-state index contributed by atoms with van der Waals surface area (Å²) >= 11 is 18.1. The molecule has 0 aliphatic rings. The third-order valence-corrected chi connectivity index (χ3v) is 4.08. The molecule has 3 aromatic rings. The maximum Gasteiger partial charge on any atom is 0.129 e. The van der Waals surface area contributed by atoms with Gasteiger partial charge >= 0.3 is 0 Å². The van der Waals surface area contributed by atoms with Crippen LogP contribution in [0.15, 0.2) is 36.4 Å². The first kappa shape index (κ1) is 14.2. The van der Waals surface area contributed by atoms with E-state index in [1.54, 1.807) is 24.3 Å². The molecule has 0 spiro atoms. The molecule has 0 aliphatic heterocycles. The highest BCUT2D eigenvalue weighted by atomic mass is 35.5. The third kappa shape index (κ3) is 2.47. The van der Waals surface area contributed by atoms with Gasteiger partial charge in [0.1, 0.15) is 5.82 Å². The molecule has 21 heavy (non-hydrogen) atoms. The number of aromatic nitrogens is 2. The van der Waals surface area contributed by atoms with E-state index in [4.69, 9.17) is 40.1 Å². The van der Waals surface area contributed by atoms with Gasteiger partial charge in [-0.25, -0.2) is 4.98 Å². The molecule has 2 aromatic carbocycles. The van der Waals surface area contributed by atoms with Crippen molar-refractivity contribution in [3.05, 3.63) is 57.8 Å². The minimum atomic E-state index is 0.237. The lowest BCUT2D eigenvalue weighted by molar-refractivity contribution is 0.981. The molecule has 1 heterocycles. The summed E-state index contributed by atoms with van der Waals surface area (Å²) in [7, 11) is 0. The average Bonchev–Trinajstić information content (AvgIpc) is 2.85. The number of imidazole rings is 1. The fourth-order valence-electron chi connectivity index (χ4n) is 2.21. The number of nitrogens with zero attached hydrogens (tertiary/aromatic N) is 3. The van der Waals surface area contributed by atoms with Crippen molar-refractivity contribution in [2.24, 2.45) is 0 Å².